The summed E-state index contributed by atoms with van der Waals surface area (Å²) in [5.74, 6) is 1.31. The molecule has 0 saturated carbocycles. The third-order valence-electron chi connectivity index (χ3n) is 4.07. The minimum atomic E-state index is 0.459. The topological polar surface area (TPSA) is 12.0 Å². The highest BCUT2D eigenvalue weighted by Crippen LogP contribution is 2.21. The van der Waals surface area contributed by atoms with Crippen LogP contribution in [0.15, 0.2) is 12.1 Å². The number of rotatable bonds is 9. The Morgan fingerprint density at radius 1 is 0.950 bits per heavy atom. The summed E-state index contributed by atoms with van der Waals surface area (Å²) in [6.07, 6.45) is 7.58. The Morgan fingerprint density at radius 3 is 2.30 bits per heavy atom. The van der Waals surface area contributed by atoms with E-state index in [9.17, 15) is 0 Å². The highest BCUT2D eigenvalue weighted by Gasteiger charge is 2.09. The lowest BCUT2D eigenvalue weighted by Crippen LogP contribution is -2.20. The standard InChI is InChI=1S/C18H31NS/c1-14-12-16(3)18(13-15(14)2)17(4)19-10-8-6-7-9-11-20-5/h12-13,17,19H,6-11H2,1-5H3. The first-order valence-corrected chi connectivity index (χ1v) is 9.25. The predicted octanol–water partition coefficient (Wildman–Crippen LogP) is 5.19. The maximum Gasteiger partial charge on any atom is 0.0294 e. The van der Waals surface area contributed by atoms with Crippen molar-refractivity contribution in [3.05, 3.63) is 34.4 Å². The normalized spacial score (nSPS) is 12.7. The molecule has 1 nitrogen and oxygen atoms in total. The largest absolute Gasteiger partial charge is 0.310 e. The van der Waals surface area contributed by atoms with Gasteiger partial charge in [0.2, 0.25) is 0 Å². The van der Waals surface area contributed by atoms with E-state index in [0.717, 1.165) is 6.54 Å². The van der Waals surface area contributed by atoms with E-state index in [1.807, 2.05) is 11.8 Å². The summed E-state index contributed by atoms with van der Waals surface area (Å²) >= 11 is 1.96. The molecule has 0 radical (unpaired) electrons. The van der Waals surface area contributed by atoms with Crippen molar-refractivity contribution in [3.63, 3.8) is 0 Å². The molecule has 0 amide bonds. The van der Waals surface area contributed by atoms with E-state index in [1.54, 1.807) is 0 Å². The van der Waals surface area contributed by atoms with Gasteiger partial charge in [-0.3, -0.25) is 0 Å². The molecule has 0 bridgehead atoms. The van der Waals surface area contributed by atoms with Crippen molar-refractivity contribution in [1.82, 2.24) is 5.32 Å². The van der Waals surface area contributed by atoms with Crippen molar-refractivity contribution in [1.29, 1.82) is 0 Å². The second-order valence-electron chi connectivity index (χ2n) is 5.88. The minimum absolute atomic E-state index is 0.459. The Hall–Kier alpha value is -0.470. The van der Waals surface area contributed by atoms with Crippen LogP contribution in [0.3, 0.4) is 0 Å². The summed E-state index contributed by atoms with van der Waals surface area (Å²) in [6.45, 7) is 10.0. The molecule has 0 aliphatic carbocycles. The summed E-state index contributed by atoms with van der Waals surface area (Å²) in [5.41, 5.74) is 5.66. The molecule has 1 aromatic carbocycles. The summed E-state index contributed by atoms with van der Waals surface area (Å²) in [5, 5.41) is 3.67. The predicted molar refractivity (Wildman–Crippen MR) is 93.9 cm³/mol. The summed E-state index contributed by atoms with van der Waals surface area (Å²) in [6, 6.07) is 5.12. The maximum atomic E-state index is 3.67. The average Bonchev–Trinajstić information content (AvgIpc) is 2.41. The van der Waals surface area contributed by atoms with Crippen LogP contribution in [0, 0.1) is 20.8 Å². The van der Waals surface area contributed by atoms with Crippen molar-refractivity contribution < 1.29 is 0 Å². The van der Waals surface area contributed by atoms with E-state index in [2.05, 4.69) is 51.4 Å². The molecule has 1 N–H and O–H groups in total. The number of benzene rings is 1. The molecular formula is C18H31NS. The van der Waals surface area contributed by atoms with Crippen LogP contribution in [0.1, 0.15) is 60.9 Å². The Kier molecular flexibility index (Phi) is 8.32. The Bertz CT molecular complexity index is 401. The zero-order valence-electron chi connectivity index (χ0n) is 13.9. The van der Waals surface area contributed by atoms with Gasteiger partial charge in [0.1, 0.15) is 0 Å². The first-order chi connectivity index (χ1) is 9.56. The minimum Gasteiger partial charge on any atom is -0.310 e. The zero-order chi connectivity index (χ0) is 15.0. The lowest BCUT2D eigenvalue weighted by Gasteiger charge is -2.18. The van der Waals surface area contributed by atoms with Crippen LogP contribution in [-0.2, 0) is 0 Å². The molecule has 0 aromatic heterocycles. The summed E-state index contributed by atoms with van der Waals surface area (Å²) in [4.78, 5) is 0. The molecule has 0 fully saturated rings. The molecule has 0 heterocycles. The van der Waals surface area contributed by atoms with Crippen molar-refractivity contribution in [2.45, 2.75) is 59.4 Å². The van der Waals surface area contributed by atoms with E-state index in [4.69, 9.17) is 0 Å². The second kappa shape index (κ2) is 9.46. The summed E-state index contributed by atoms with van der Waals surface area (Å²) in [7, 11) is 0. The first-order valence-electron chi connectivity index (χ1n) is 7.86. The van der Waals surface area contributed by atoms with E-state index in [1.165, 1.54) is 53.7 Å². The molecule has 0 spiro atoms. The van der Waals surface area contributed by atoms with E-state index in [-0.39, 0.29) is 0 Å². The van der Waals surface area contributed by atoms with Crippen LogP contribution in [0.4, 0.5) is 0 Å². The third kappa shape index (κ3) is 5.88. The van der Waals surface area contributed by atoms with Crippen LogP contribution in [-0.4, -0.2) is 18.6 Å². The maximum absolute atomic E-state index is 3.67. The molecule has 0 aliphatic heterocycles. The number of thioether (sulfide) groups is 1. The second-order valence-corrected chi connectivity index (χ2v) is 6.86. The van der Waals surface area contributed by atoms with Gasteiger partial charge in [-0.15, -0.1) is 0 Å². The van der Waals surface area contributed by atoms with Crippen LogP contribution >= 0.6 is 11.8 Å². The highest BCUT2D eigenvalue weighted by atomic mass is 32.2. The van der Waals surface area contributed by atoms with Crippen molar-refractivity contribution in [3.8, 4) is 0 Å². The van der Waals surface area contributed by atoms with Crippen LogP contribution in [0.5, 0.6) is 0 Å². The van der Waals surface area contributed by atoms with Gasteiger partial charge >= 0.3 is 0 Å². The smallest absolute Gasteiger partial charge is 0.0294 e. The molecule has 20 heavy (non-hydrogen) atoms. The number of hydrogen-bond donors (Lipinski definition) is 1. The van der Waals surface area contributed by atoms with Crippen LogP contribution < -0.4 is 5.32 Å². The van der Waals surface area contributed by atoms with E-state index < -0.39 is 0 Å². The van der Waals surface area contributed by atoms with Gasteiger partial charge in [-0.2, -0.15) is 11.8 Å². The van der Waals surface area contributed by atoms with Gasteiger partial charge in [0.25, 0.3) is 0 Å². The molecule has 2 heteroatoms. The Labute approximate surface area is 129 Å². The van der Waals surface area contributed by atoms with Gasteiger partial charge < -0.3 is 5.32 Å². The van der Waals surface area contributed by atoms with Gasteiger partial charge in [0.15, 0.2) is 0 Å². The Balaban J connectivity index is 2.32. The molecule has 1 rings (SSSR count). The molecule has 114 valence electrons. The molecule has 0 aliphatic rings. The van der Waals surface area contributed by atoms with Gasteiger partial charge in [0.05, 0.1) is 0 Å². The van der Waals surface area contributed by atoms with Crippen molar-refractivity contribution in [2.75, 3.05) is 18.6 Å². The third-order valence-corrected chi connectivity index (χ3v) is 4.77. The number of nitrogens with one attached hydrogen (secondary N) is 1. The lowest BCUT2D eigenvalue weighted by molar-refractivity contribution is 0.535. The fraction of sp³-hybridized carbons (Fsp3) is 0.667. The zero-order valence-corrected chi connectivity index (χ0v) is 14.7. The fourth-order valence-electron chi connectivity index (χ4n) is 2.60. The van der Waals surface area contributed by atoms with Gasteiger partial charge in [0, 0.05) is 6.04 Å². The quantitative estimate of drug-likeness (QED) is 0.629. The number of aryl methyl sites for hydroxylation is 3. The van der Waals surface area contributed by atoms with Gasteiger partial charge in [-0.1, -0.05) is 25.0 Å². The monoisotopic (exact) mass is 293 g/mol. The first kappa shape index (κ1) is 17.6. The Morgan fingerprint density at radius 2 is 1.60 bits per heavy atom. The number of unbranched alkanes of at least 4 members (excludes halogenated alkanes) is 3. The van der Waals surface area contributed by atoms with Crippen LogP contribution in [0.25, 0.3) is 0 Å². The fourth-order valence-corrected chi connectivity index (χ4v) is 3.10. The molecule has 1 unspecified atom stereocenters. The van der Waals surface area contributed by atoms with Crippen LogP contribution in [0.2, 0.25) is 0 Å². The van der Waals surface area contributed by atoms with E-state index in [0.29, 0.717) is 6.04 Å². The molecule has 0 saturated heterocycles. The van der Waals surface area contributed by atoms with Crippen molar-refractivity contribution in [2.24, 2.45) is 0 Å². The van der Waals surface area contributed by atoms with E-state index >= 15 is 0 Å². The molecule has 1 aromatic rings. The van der Waals surface area contributed by atoms with Gasteiger partial charge in [-0.05, 0) is 81.3 Å². The van der Waals surface area contributed by atoms with Crippen molar-refractivity contribution >= 4 is 11.8 Å². The molecular weight excluding hydrogens is 262 g/mol. The summed E-state index contributed by atoms with van der Waals surface area (Å²) < 4.78 is 0. The average molecular weight is 294 g/mol. The van der Waals surface area contributed by atoms with Gasteiger partial charge in [-0.25, -0.2) is 0 Å². The highest BCUT2D eigenvalue weighted by molar-refractivity contribution is 7.98. The lowest BCUT2D eigenvalue weighted by atomic mass is 9.96. The SMILES string of the molecule is CSCCCCCCNC(C)c1cc(C)c(C)cc1C. The molecule has 1 atom stereocenters. The number of hydrogen-bond acceptors (Lipinski definition) is 2.